The first-order valence-electron chi connectivity index (χ1n) is 5.86. The standard InChI is InChI=1S/C14H17NO3/c1-16-8-9-18-13-5-2-4-12(10-13)15-11-14-6-3-7-17-14/h2-7,10,15H,8-9,11H2,1H3. The summed E-state index contributed by atoms with van der Waals surface area (Å²) in [4.78, 5) is 0. The molecule has 2 aromatic rings. The van der Waals surface area contributed by atoms with E-state index in [9.17, 15) is 0 Å². The molecular weight excluding hydrogens is 230 g/mol. The van der Waals surface area contributed by atoms with E-state index in [-0.39, 0.29) is 0 Å². The van der Waals surface area contributed by atoms with Crippen molar-refractivity contribution < 1.29 is 13.9 Å². The van der Waals surface area contributed by atoms with Crippen LogP contribution in [0.3, 0.4) is 0 Å². The lowest BCUT2D eigenvalue weighted by Gasteiger charge is -2.08. The van der Waals surface area contributed by atoms with E-state index in [1.54, 1.807) is 13.4 Å². The zero-order valence-corrected chi connectivity index (χ0v) is 10.4. The molecule has 0 spiro atoms. The highest BCUT2D eigenvalue weighted by Gasteiger charge is 1.98. The monoisotopic (exact) mass is 247 g/mol. The molecular formula is C14H17NO3. The number of furan rings is 1. The molecule has 18 heavy (non-hydrogen) atoms. The molecule has 0 aliphatic heterocycles. The van der Waals surface area contributed by atoms with E-state index < -0.39 is 0 Å². The van der Waals surface area contributed by atoms with E-state index >= 15 is 0 Å². The number of nitrogens with one attached hydrogen (secondary N) is 1. The van der Waals surface area contributed by atoms with Gasteiger partial charge < -0.3 is 19.2 Å². The molecule has 0 saturated carbocycles. The smallest absolute Gasteiger partial charge is 0.122 e. The lowest BCUT2D eigenvalue weighted by atomic mass is 10.3. The second kappa shape index (κ2) is 6.71. The Hall–Kier alpha value is -1.94. The van der Waals surface area contributed by atoms with Crippen molar-refractivity contribution in [2.75, 3.05) is 25.6 Å². The highest BCUT2D eigenvalue weighted by molar-refractivity contribution is 5.48. The van der Waals surface area contributed by atoms with Crippen molar-refractivity contribution in [2.24, 2.45) is 0 Å². The average Bonchev–Trinajstić information content (AvgIpc) is 2.90. The predicted molar refractivity (Wildman–Crippen MR) is 69.8 cm³/mol. The molecule has 0 bridgehead atoms. The molecule has 1 aromatic heterocycles. The molecule has 1 aromatic carbocycles. The van der Waals surface area contributed by atoms with Crippen molar-refractivity contribution >= 4 is 5.69 Å². The lowest BCUT2D eigenvalue weighted by Crippen LogP contribution is -2.04. The van der Waals surface area contributed by atoms with Crippen LogP contribution in [0.1, 0.15) is 5.76 Å². The molecule has 1 heterocycles. The van der Waals surface area contributed by atoms with Crippen molar-refractivity contribution in [1.29, 1.82) is 0 Å². The number of anilines is 1. The summed E-state index contributed by atoms with van der Waals surface area (Å²) in [6.07, 6.45) is 1.67. The van der Waals surface area contributed by atoms with Crippen LogP contribution in [0.5, 0.6) is 5.75 Å². The molecule has 0 atom stereocenters. The fourth-order valence-corrected chi connectivity index (χ4v) is 1.54. The Morgan fingerprint density at radius 1 is 1.17 bits per heavy atom. The van der Waals surface area contributed by atoms with Crippen molar-refractivity contribution in [2.45, 2.75) is 6.54 Å². The summed E-state index contributed by atoms with van der Waals surface area (Å²) in [6.45, 7) is 1.80. The minimum atomic E-state index is 0.554. The van der Waals surface area contributed by atoms with Gasteiger partial charge in [-0.3, -0.25) is 0 Å². The fraction of sp³-hybridized carbons (Fsp3) is 0.286. The molecule has 0 amide bonds. The van der Waals surface area contributed by atoms with Crippen LogP contribution in [0.15, 0.2) is 47.1 Å². The largest absolute Gasteiger partial charge is 0.491 e. The minimum absolute atomic E-state index is 0.554. The minimum Gasteiger partial charge on any atom is -0.491 e. The van der Waals surface area contributed by atoms with Gasteiger partial charge in [-0.2, -0.15) is 0 Å². The molecule has 0 unspecified atom stereocenters. The van der Waals surface area contributed by atoms with E-state index in [1.165, 1.54) is 0 Å². The maximum atomic E-state index is 5.54. The molecule has 96 valence electrons. The zero-order valence-electron chi connectivity index (χ0n) is 10.4. The summed E-state index contributed by atoms with van der Waals surface area (Å²) in [6, 6.07) is 11.6. The molecule has 2 rings (SSSR count). The predicted octanol–water partition coefficient (Wildman–Crippen LogP) is 2.92. The van der Waals surface area contributed by atoms with Crippen LogP contribution in [-0.4, -0.2) is 20.3 Å². The Morgan fingerprint density at radius 2 is 2.11 bits per heavy atom. The van der Waals surface area contributed by atoms with Gasteiger partial charge in [-0.05, 0) is 24.3 Å². The van der Waals surface area contributed by atoms with E-state index in [2.05, 4.69) is 5.32 Å². The Morgan fingerprint density at radius 3 is 2.89 bits per heavy atom. The summed E-state index contributed by atoms with van der Waals surface area (Å²) in [5.74, 6) is 1.73. The Bertz CT molecular complexity index is 454. The van der Waals surface area contributed by atoms with Gasteiger partial charge in [-0.1, -0.05) is 6.07 Å². The van der Waals surface area contributed by atoms with Gasteiger partial charge in [0.1, 0.15) is 18.1 Å². The SMILES string of the molecule is COCCOc1cccc(NCc2ccco2)c1. The topological polar surface area (TPSA) is 43.6 Å². The zero-order chi connectivity index (χ0) is 12.6. The summed E-state index contributed by atoms with van der Waals surface area (Å²) >= 11 is 0. The van der Waals surface area contributed by atoms with Crippen molar-refractivity contribution in [3.63, 3.8) is 0 Å². The summed E-state index contributed by atoms with van der Waals surface area (Å²) in [5, 5.41) is 3.27. The van der Waals surface area contributed by atoms with Crippen molar-refractivity contribution in [3.05, 3.63) is 48.4 Å². The molecule has 4 nitrogen and oxygen atoms in total. The third kappa shape index (κ3) is 3.82. The number of benzene rings is 1. The van der Waals surface area contributed by atoms with Crippen LogP contribution in [0.25, 0.3) is 0 Å². The number of methoxy groups -OCH3 is 1. The van der Waals surface area contributed by atoms with Crippen molar-refractivity contribution in [1.82, 2.24) is 0 Å². The van der Waals surface area contributed by atoms with Crippen LogP contribution < -0.4 is 10.1 Å². The molecule has 0 saturated heterocycles. The third-order valence-corrected chi connectivity index (χ3v) is 2.44. The fourth-order valence-electron chi connectivity index (χ4n) is 1.54. The van der Waals surface area contributed by atoms with E-state index in [0.29, 0.717) is 19.8 Å². The molecule has 0 fully saturated rings. The Kier molecular flexibility index (Phi) is 4.67. The van der Waals surface area contributed by atoms with Crippen LogP contribution in [0.2, 0.25) is 0 Å². The van der Waals surface area contributed by atoms with E-state index in [4.69, 9.17) is 13.9 Å². The third-order valence-electron chi connectivity index (χ3n) is 2.44. The Balaban J connectivity index is 1.86. The second-order valence-electron chi connectivity index (χ2n) is 3.80. The Labute approximate surface area is 107 Å². The van der Waals surface area contributed by atoms with Gasteiger partial charge in [0.2, 0.25) is 0 Å². The second-order valence-corrected chi connectivity index (χ2v) is 3.80. The summed E-state index contributed by atoms with van der Waals surface area (Å²) < 4.78 is 15.7. The highest BCUT2D eigenvalue weighted by Crippen LogP contribution is 2.18. The summed E-state index contributed by atoms with van der Waals surface area (Å²) in [7, 11) is 1.66. The van der Waals surface area contributed by atoms with Crippen LogP contribution in [-0.2, 0) is 11.3 Å². The molecule has 0 aliphatic rings. The van der Waals surface area contributed by atoms with Crippen LogP contribution >= 0.6 is 0 Å². The van der Waals surface area contributed by atoms with Gasteiger partial charge >= 0.3 is 0 Å². The molecule has 0 aliphatic carbocycles. The van der Waals surface area contributed by atoms with Gasteiger partial charge in [0.25, 0.3) is 0 Å². The first kappa shape index (κ1) is 12.5. The van der Waals surface area contributed by atoms with Gasteiger partial charge in [0, 0.05) is 18.9 Å². The highest BCUT2D eigenvalue weighted by atomic mass is 16.5. The normalized spacial score (nSPS) is 10.3. The maximum Gasteiger partial charge on any atom is 0.122 e. The lowest BCUT2D eigenvalue weighted by molar-refractivity contribution is 0.146. The van der Waals surface area contributed by atoms with Crippen molar-refractivity contribution in [3.8, 4) is 5.75 Å². The summed E-state index contributed by atoms with van der Waals surface area (Å²) in [5.41, 5.74) is 1.00. The average molecular weight is 247 g/mol. The number of hydrogen-bond donors (Lipinski definition) is 1. The molecule has 4 heteroatoms. The first-order chi connectivity index (χ1) is 8.88. The molecule has 0 radical (unpaired) electrons. The van der Waals surface area contributed by atoms with Gasteiger partial charge in [0.05, 0.1) is 19.4 Å². The van der Waals surface area contributed by atoms with Gasteiger partial charge in [-0.15, -0.1) is 0 Å². The number of rotatable bonds is 7. The maximum absolute atomic E-state index is 5.54. The van der Waals surface area contributed by atoms with E-state index in [1.807, 2.05) is 36.4 Å². The molecule has 1 N–H and O–H groups in total. The number of ether oxygens (including phenoxy) is 2. The van der Waals surface area contributed by atoms with Crippen LogP contribution in [0, 0.1) is 0 Å². The van der Waals surface area contributed by atoms with E-state index in [0.717, 1.165) is 17.2 Å². The van der Waals surface area contributed by atoms with Crippen LogP contribution in [0.4, 0.5) is 5.69 Å². The van der Waals surface area contributed by atoms with Gasteiger partial charge in [0.15, 0.2) is 0 Å². The van der Waals surface area contributed by atoms with Gasteiger partial charge in [-0.25, -0.2) is 0 Å². The number of hydrogen-bond acceptors (Lipinski definition) is 4. The first-order valence-corrected chi connectivity index (χ1v) is 5.86. The quantitative estimate of drug-likeness (QED) is 0.764.